The number of hydrogen-bond donors (Lipinski definition) is 0. The molecular weight excluding hydrogens is 192 g/mol. The molecule has 1 fully saturated rings. The lowest BCUT2D eigenvalue weighted by Gasteiger charge is -2.32. The molecule has 1 saturated heterocycles. The molecule has 4 nitrogen and oxygen atoms in total. The van der Waals surface area contributed by atoms with E-state index in [1.54, 1.807) is 0 Å². The molecule has 1 heterocycles. The molecule has 1 aliphatic heterocycles. The van der Waals surface area contributed by atoms with Gasteiger partial charge in [0.15, 0.2) is 0 Å². The first kappa shape index (κ1) is 10.9. The van der Waals surface area contributed by atoms with Crippen molar-refractivity contribution in [2.75, 3.05) is 26.1 Å². The molecule has 0 aliphatic carbocycles. The zero-order valence-corrected chi connectivity index (χ0v) is 8.89. The Morgan fingerprint density at radius 1 is 1.38 bits per heavy atom. The van der Waals surface area contributed by atoms with Crippen molar-refractivity contribution in [1.82, 2.24) is 0 Å². The Kier molecular flexibility index (Phi) is 3.32. The Morgan fingerprint density at radius 2 is 1.92 bits per heavy atom. The maximum atomic E-state index is 11.2. The van der Waals surface area contributed by atoms with Gasteiger partial charge in [-0.1, -0.05) is 6.92 Å². The van der Waals surface area contributed by atoms with Gasteiger partial charge in [-0.05, 0) is 18.3 Å². The van der Waals surface area contributed by atoms with Crippen molar-refractivity contribution in [3.8, 4) is 0 Å². The van der Waals surface area contributed by atoms with E-state index in [1.165, 1.54) is 7.11 Å². The predicted molar refractivity (Wildman–Crippen MR) is 49.0 cm³/mol. The lowest BCUT2D eigenvalue weighted by molar-refractivity contribution is 0.0334. The lowest BCUT2D eigenvalue weighted by atomic mass is 9.85. The molecule has 0 bridgehead atoms. The molecular formula is C8H16O4S. The van der Waals surface area contributed by atoms with Crippen LogP contribution in [0.25, 0.3) is 0 Å². The summed E-state index contributed by atoms with van der Waals surface area (Å²) in [5.41, 5.74) is -0.174. The van der Waals surface area contributed by atoms with Gasteiger partial charge in [-0.2, -0.15) is 8.42 Å². The van der Waals surface area contributed by atoms with Crippen LogP contribution in [0.1, 0.15) is 19.8 Å². The van der Waals surface area contributed by atoms with Gasteiger partial charge in [0.2, 0.25) is 0 Å². The van der Waals surface area contributed by atoms with Crippen molar-refractivity contribution < 1.29 is 17.3 Å². The molecule has 0 aromatic heterocycles. The maximum absolute atomic E-state index is 11.2. The fourth-order valence-corrected chi connectivity index (χ4v) is 2.75. The van der Waals surface area contributed by atoms with Crippen LogP contribution in [0.15, 0.2) is 0 Å². The van der Waals surface area contributed by atoms with Crippen LogP contribution in [0, 0.1) is 5.41 Å². The minimum absolute atomic E-state index is 0.0971. The van der Waals surface area contributed by atoms with Gasteiger partial charge in [0, 0.05) is 13.2 Å². The lowest BCUT2D eigenvalue weighted by Crippen LogP contribution is -2.33. The number of hydrogen-bond acceptors (Lipinski definition) is 4. The zero-order chi connectivity index (χ0) is 9.95. The van der Waals surface area contributed by atoms with Crippen LogP contribution >= 0.6 is 0 Å². The van der Waals surface area contributed by atoms with E-state index < -0.39 is 10.1 Å². The van der Waals surface area contributed by atoms with E-state index in [0.717, 1.165) is 12.8 Å². The van der Waals surface area contributed by atoms with E-state index in [2.05, 4.69) is 4.18 Å². The van der Waals surface area contributed by atoms with Gasteiger partial charge in [-0.15, -0.1) is 0 Å². The number of rotatable bonds is 3. The van der Waals surface area contributed by atoms with Crippen molar-refractivity contribution in [3.63, 3.8) is 0 Å². The third-order valence-electron chi connectivity index (χ3n) is 2.48. The molecule has 1 aliphatic rings. The largest absolute Gasteiger partial charge is 0.381 e. The van der Waals surface area contributed by atoms with E-state index in [9.17, 15) is 8.42 Å². The second-order valence-corrected chi connectivity index (χ2v) is 5.53. The Hall–Kier alpha value is -0.130. The molecule has 0 amide bonds. The first-order chi connectivity index (χ1) is 5.97. The Morgan fingerprint density at radius 3 is 2.38 bits per heavy atom. The average Bonchev–Trinajstić information content (AvgIpc) is 2.04. The normalized spacial score (nSPS) is 22.9. The molecule has 0 aromatic carbocycles. The van der Waals surface area contributed by atoms with Crippen LogP contribution in [0.2, 0.25) is 0 Å². The molecule has 0 aromatic rings. The van der Waals surface area contributed by atoms with Crippen molar-refractivity contribution in [2.45, 2.75) is 19.8 Å². The van der Waals surface area contributed by atoms with Gasteiger partial charge >= 0.3 is 0 Å². The summed E-state index contributed by atoms with van der Waals surface area (Å²) in [4.78, 5) is 0. The van der Waals surface area contributed by atoms with E-state index in [1.807, 2.05) is 6.92 Å². The summed E-state index contributed by atoms with van der Waals surface area (Å²) in [6, 6.07) is 0. The Balaban J connectivity index is 2.60. The second kappa shape index (κ2) is 3.94. The quantitative estimate of drug-likeness (QED) is 0.643. The zero-order valence-electron chi connectivity index (χ0n) is 8.08. The smallest absolute Gasteiger partial charge is 0.267 e. The highest BCUT2D eigenvalue weighted by Crippen LogP contribution is 2.31. The monoisotopic (exact) mass is 208 g/mol. The maximum Gasteiger partial charge on any atom is 0.267 e. The van der Waals surface area contributed by atoms with Gasteiger partial charge in [-0.25, -0.2) is 0 Å². The molecule has 0 saturated carbocycles. The third-order valence-corrected chi connectivity index (χ3v) is 4.04. The summed E-state index contributed by atoms with van der Waals surface area (Å²) >= 11 is 0. The van der Waals surface area contributed by atoms with Gasteiger partial charge in [0.05, 0.1) is 12.9 Å². The second-order valence-electron chi connectivity index (χ2n) is 3.79. The molecule has 78 valence electrons. The fourth-order valence-electron chi connectivity index (χ4n) is 1.49. The number of ether oxygens (including phenoxy) is 1. The van der Waals surface area contributed by atoms with Crippen molar-refractivity contribution in [3.05, 3.63) is 0 Å². The standard InChI is InChI=1S/C8H16O4S/c1-8(3-5-12-6-4-8)7-13(9,10)11-2/h3-7H2,1-2H3. The summed E-state index contributed by atoms with van der Waals surface area (Å²) in [6.45, 7) is 3.26. The van der Waals surface area contributed by atoms with Gasteiger partial charge < -0.3 is 4.74 Å². The molecule has 0 spiro atoms. The summed E-state index contributed by atoms with van der Waals surface area (Å²) in [6.07, 6.45) is 1.57. The minimum Gasteiger partial charge on any atom is -0.381 e. The highest BCUT2D eigenvalue weighted by Gasteiger charge is 2.32. The molecule has 1 rings (SSSR count). The third kappa shape index (κ3) is 3.25. The van der Waals surface area contributed by atoms with E-state index in [-0.39, 0.29) is 11.2 Å². The van der Waals surface area contributed by atoms with Crippen molar-refractivity contribution in [2.24, 2.45) is 5.41 Å². The first-order valence-corrected chi connectivity index (χ1v) is 5.91. The molecule has 5 heteroatoms. The van der Waals surface area contributed by atoms with E-state index >= 15 is 0 Å². The van der Waals surface area contributed by atoms with Gasteiger partial charge in [-0.3, -0.25) is 4.18 Å². The first-order valence-electron chi connectivity index (χ1n) is 4.33. The van der Waals surface area contributed by atoms with Crippen LogP contribution in [0.3, 0.4) is 0 Å². The van der Waals surface area contributed by atoms with Crippen LogP contribution in [-0.4, -0.2) is 34.5 Å². The summed E-state index contributed by atoms with van der Waals surface area (Å²) in [5, 5.41) is 0. The van der Waals surface area contributed by atoms with Gasteiger partial charge in [0.1, 0.15) is 0 Å². The van der Waals surface area contributed by atoms with Crippen molar-refractivity contribution in [1.29, 1.82) is 0 Å². The Labute approximate surface area is 79.3 Å². The molecule has 0 atom stereocenters. The summed E-state index contributed by atoms with van der Waals surface area (Å²) in [5.74, 6) is 0.0971. The molecule has 0 radical (unpaired) electrons. The molecule has 13 heavy (non-hydrogen) atoms. The molecule has 0 unspecified atom stereocenters. The highest BCUT2D eigenvalue weighted by molar-refractivity contribution is 7.86. The van der Waals surface area contributed by atoms with Crippen LogP contribution in [0.4, 0.5) is 0 Å². The average molecular weight is 208 g/mol. The van der Waals surface area contributed by atoms with Crippen LogP contribution < -0.4 is 0 Å². The minimum atomic E-state index is -3.33. The summed E-state index contributed by atoms with van der Waals surface area (Å²) < 4.78 is 32.0. The van der Waals surface area contributed by atoms with E-state index in [4.69, 9.17) is 4.74 Å². The van der Waals surface area contributed by atoms with E-state index in [0.29, 0.717) is 13.2 Å². The SMILES string of the molecule is COS(=O)(=O)CC1(C)CCOCC1. The molecule has 0 N–H and O–H groups in total. The van der Waals surface area contributed by atoms with Crippen molar-refractivity contribution >= 4 is 10.1 Å². The predicted octanol–water partition coefficient (Wildman–Crippen LogP) is 0.779. The Bertz CT molecular complexity index is 251. The van der Waals surface area contributed by atoms with Crippen LogP contribution in [0.5, 0.6) is 0 Å². The van der Waals surface area contributed by atoms with Crippen LogP contribution in [-0.2, 0) is 19.0 Å². The fraction of sp³-hybridized carbons (Fsp3) is 1.00. The topological polar surface area (TPSA) is 52.6 Å². The van der Waals surface area contributed by atoms with Gasteiger partial charge in [0.25, 0.3) is 10.1 Å². The summed E-state index contributed by atoms with van der Waals surface area (Å²) in [7, 11) is -2.13. The highest BCUT2D eigenvalue weighted by atomic mass is 32.2.